The van der Waals surface area contributed by atoms with E-state index in [9.17, 15) is 0 Å². The van der Waals surface area contributed by atoms with Crippen molar-refractivity contribution >= 4 is 22.5 Å². The SMILES string of the molecule is COc1ccc(OC)c2c(C)cc(Cl)nc12. The first-order valence-corrected chi connectivity index (χ1v) is 5.23. The van der Waals surface area contributed by atoms with Crippen LogP contribution in [0.2, 0.25) is 5.15 Å². The van der Waals surface area contributed by atoms with Gasteiger partial charge in [-0.25, -0.2) is 4.98 Å². The summed E-state index contributed by atoms with van der Waals surface area (Å²) in [6, 6.07) is 5.50. The molecule has 4 heteroatoms. The van der Waals surface area contributed by atoms with Gasteiger partial charge in [0.05, 0.1) is 14.2 Å². The van der Waals surface area contributed by atoms with Crippen LogP contribution >= 0.6 is 11.6 Å². The van der Waals surface area contributed by atoms with Crippen molar-refractivity contribution in [2.24, 2.45) is 0 Å². The zero-order chi connectivity index (χ0) is 11.7. The maximum Gasteiger partial charge on any atom is 0.145 e. The molecule has 3 nitrogen and oxygen atoms in total. The monoisotopic (exact) mass is 237 g/mol. The first-order chi connectivity index (χ1) is 7.67. The van der Waals surface area contributed by atoms with E-state index in [0.717, 1.165) is 22.2 Å². The van der Waals surface area contributed by atoms with Crippen LogP contribution in [0.15, 0.2) is 18.2 Å². The maximum atomic E-state index is 5.94. The molecule has 0 N–H and O–H groups in total. The zero-order valence-electron chi connectivity index (χ0n) is 9.37. The molecule has 0 aliphatic rings. The Balaban J connectivity index is 2.90. The molecule has 0 bridgehead atoms. The molecule has 0 unspecified atom stereocenters. The number of hydrogen-bond acceptors (Lipinski definition) is 3. The molecule has 0 amide bonds. The van der Waals surface area contributed by atoms with Gasteiger partial charge < -0.3 is 9.47 Å². The van der Waals surface area contributed by atoms with Gasteiger partial charge in [0.15, 0.2) is 0 Å². The predicted octanol–water partition coefficient (Wildman–Crippen LogP) is 3.21. The molecule has 1 aromatic carbocycles. The minimum Gasteiger partial charge on any atom is -0.496 e. The summed E-state index contributed by atoms with van der Waals surface area (Å²) in [5, 5.41) is 1.39. The molecule has 16 heavy (non-hydrogen) atoms. The van der Waals surface area contributed by atoms with Gasteiger partial charge in [-0.3, -0.25) is 0 Å². The Morgan fingerprint density at radius 3 is 2.38 bits per heavy atom. The van der Waals surface area contributed by atoms with E-state index in [1.807, 2.05) is 25.1 Å². The van der Waals surface area contributed by atoms with Crippen molar-refractivity contribution in [1.82, 2.24) is 4.98 Å². The Labute approximate surface area is 99.0 Å². The second kappa shape index (κ2) is 4.18. The van der Waals surface area contributed by atoms with Crippen molar-refractivity contribution in [3.63, 3.8) is 0 Å². The van der Waals surface area contributed by atoms with Crippen molar-refractivity contribution in [2.75, 3.05) is 14.2 Å². The molecule has 1 aromatic heterocycles. The second-order valence-electron chi connectivity index (χ2n) is 3.46. The molecular formula is C12H12ClNO2. The molecule has 0 fully saturated rings. The highest BCUT2D eigenvalue weighted by Crippen LogP contribution is 2.34. The lowest BCUT2D eigenvalue weighted by Crippen LogP contribution is -1.93. The summed E-state index contributed by atoms with van der Waals surface area (Å²) in [6.07, 6.45) is 0. The molecule has 1 heterocycles. The molecule has 2 aromatic rings. The van der Waals surface area contributed by atoms with Gasteiger partial charge in [0.25, 0.3) is 0 Å². The fourth-order valence-corrected chi connectivity index (χ4v) is 2.02. The summed E-state index contributed by atoms with van der Waals surface area (Å²) >= 11 is 5.94. The van der Waals surface area contributed by atoms with Crippen LogP contribution < -0.4 is 9.47 Å². The number of rotatable bonds is 2. The highest BCUT2D eigenvalue weighted by atomic mass is 35.5. The number of aromatic nitrogens is 1. The van der Waals surface area contributed by atoms with Crippen molar-refractivity contribution in [3.05, 3.63) is 28.9 Å². The van der Waals surface area contributed by atoms with E-state index in [4.69, 9.17) is 21.1 Å². The third-order valence-electron chi connectivity index (χ3n) is 2.49. The van der Waals surface area contributed by atoms with Gasteiger partial charge in [0.2, 0.25) is 0 Å². The second-order valence-corrected chi connectivity index (χ2v) is 3.84. The number of ether oxygens (including phenoxy) is 2. The summed E-state index contributed by atoms with van der Waals surface area (Å²) in [5.74, 6) is 1.47. The summed E-state index contributed by atoms with van der Waals surface area (Å²) in [6.45, 7) is 1.97. The Morgan fingerprint density at radius 1 is 1.12 bits per heavy atom. The van der Waals surface area contributed by atoms with Crippen molar-refractivity contribution in [2.45, 2.75) is 6.92 Å². The minimum atomic E-state index is 0.455. The largest absolute Gasteiger partial charge is 0.496 e. The minimum absolute atomic E-state index is 0.455. The molecule has 0 aliphatic carbocycles. The van der Waals surface area contributed by atoms with Crippen LogP contribution in [-0.4, -0.2) is 19.2 Å². The van der Waals surface area contributed by atoms with E-state index in [1.165, 1.54) is 0 Å². The van der Waals surface area contributed by atoms with Crippen molar-refractivity contribution in [1.29, 1.82) is 0 Å². The van der Waals surface area contributed by atoms with E-state index < -0.39 is 0 Å². The Bertz CT molecular complexity index is 540. The van der Waals surface area contributed by atoms with Gasteiger partial charge in [0.1, 0.15) is 22.2 Å². The van der Waals surface area contributed by atoms with Crippen molar-refractivity contribution < 1.29 is 9.47 Å². The van der Waals surface area contributed by atoms with E-state index in [-0.39, 0.29) is 0 Å². The number of halogens is 1. The van der Waals surface area contributed by atoms with Gasteiger partial charge >= 0.3 is 0 Å². The molecule has 0 atom stereocenters. The third-order valence-corrected chi connectivity index (χ3v) is 2.68. The van der Waals surface area contributed by atoms with Gasteiger partial charge in [-0.1, -0.05) is 11.6 Å². The number of hydrogen-bond donors (Lipinski definition) is 0. The summed E-state index contributed by atoms with van der Waals surface area (Å²) < 4.78 is 10.6. The molecule has 0 saturated heterocycles. The average molecular weight is 238 g/mol. The first kappa shape index (κ1) is 11.0. The average Bonchev–Trinajstić information content (AvgIpc) is 2.27. The van der Waals surface area contributed by atoms with Gasteiger partial charge in [-0.15, -0.1) is 0 Å². The number of pyridine rings is 1. The van der Waals surface area contributed by atoms with E-state index in [0.29, 0.717) is 10.9 Å². The Kier molecular flexibility index (Phi) is 2.88. The van der Waals surface area contributed by atoms with Crippen LogP contribution in [0.1, 0.15) is 5.56 Å². The van der Waals surface area contributed by atoms with Gasteiger partial charge in [-0.2, -0.15) is 0 Å². The lowest BCUT2D eigenvalue weighted by Gasteiger charge is -2.11. The van der Waals surface area contributed by atoms with Crippen LogP contribution in [-0.2, 0) is 0 Å². The number of aryl methyl sites for hydroxylation is 1. The van der Waals surface area contributed by atoms with Crippen LogP contribution in [0, 0.1) is 6.92 Å². The Morgan fingerprint density at radius 2 is 1.75 bits per heavy atom. The molecule has 0 radical (unpaired) electrons. The van der Waals surface area contributed by atoms with Crippen LogP contribution in [0.3, 0.4) is 0 Å². The van der Waals surface area contributed by atoms with Crippen LogP contribution in [0.5, 0.6) is 11.5 Å². The lowest BCUT2D eigenvalue weighted by molar-refractivity contribution is 0.409. The normalized spacial score (nSPS) is 10.5. The van der Waals surface area contributed by atoms with E-state index in [2.05, 4.69) is 4.98 Å². The van der Waals surface area contributed by atoms with E-state index in [1.54, 1.807) is 14.2 Å². The zero-order valence-corrected chi connectivity index (χ0v) is 10.1. The highest BCUT2D eigenvalue weighted by Gasteiger charge is 2.11. The fourth-order valence-electron chi connectivity index (χ4n) is 1.77. The predicted molar refractivity (Wildman–Crippen MR) is 64.6 cm³/mol. The standard InChI is InChI=1S/C12H12ClNO2/c1-7-6-10(13)14-12-9(16-3)5-4-8(15-2)11(7)12/h4-6H,1-3H3. The number of nitrogens with zero attached hydrogens (tertiary/aromatic N) is 1. The Hall–Kier alpha value is -1.48. The summed E-state index contributed by atoms with van der Waals surface area (Å²) in [7, 11) is 3.24. The first-order valence-electron chi connectivity index (χ1n) is 4.85. The summed E-state index contributed by atoms with van der Waals surface area (Å²) in [5.41, 5.74) is 1.75. The highest BCUT2D eigenvalue weighted by molar-refractivity contribution is 6.30. The molecule has 0 spiro atoms. The number of methoxy groups -OCH3 is 2. The van der Waals surface area contributed by atoms with Crippen molar-refractivity contribution in [3.8, 4) is 11.5 Å². The van der Waals surface area contributed by atoms with E-state index >= 15 is 0 Å². The molecule has 0 saturated carbocycles. The van der Waals surface area contributed by atoms with Crippen LogP contribution in [0.4, 0.5) is 0 Å². The summed E-state index contributed by atoms with van der Waals surface area (Å²) in [4.78, 5) is 4.28. The molecular weight excluding hydrogens is 226 g/mol. The third kappa shape index (κ3) is 1.67. The smallest absolute Gasteiger partial charge is 0.145 e. The fraction of sp³-hybridized carbons (Fsp3) is 0.250. The van der Waals surface area contributed by atoms with Gasteiger partial charge in [0, 0.05) is 5.39 Å². The number of benzene rings is 1. The molecule has 84 valence electrons. The number of fused-ring (bicyclic) bond motifs is 1. The molecule has 2 rings (SSSR count). The maximum absolute atomic E-state index is 5.94. The molecule has 0 aliphatic heterocycles. The van der Waals surface area contributed by atoms with Crippen LogP contribution in [0.25, 0.3) is 10.9 Å². The lowest BCUT2D eigenvalue weighted by atomic mass is 10.1. The topological polar surface area (TPSA) is 31.4 Å². The van der Waals surface area contributed by atoms with Gasteiger partial charge in [-0.05, 0) is 30.7 Å². The quantitative estimate of drug-likeness (QED) is 0.752.